The number of fused-ring (bicyclic) bond motifs is 1. The summed E-state index contributed by atoms with van der Waals surface area (Å²) in [5, 5.41) is 7.33. The molecule has 1 saturated heterocycles. The molecular weight excluding hydrogens is 318 g/mol. The maximum atomic E-state index is 12.7. The van der Waals surface area contributed by atoms with Gasteiger partial charge in [-0.2, -0.15) is 5.10 Å². The predicted octanol–water partition coefficient (Wildman–Crippen LogP) is 1.77. The van der Waals surface area contributed by atoms with Gasteiger partial charge in [-0.25, -0.2) is 14.5 Å². The summed E-state index contributed by atoms with van der Waals surface area (Å²) in [6.07, 6.45) is 4.33. The molecule has 0 unspecified atom stereocenters. The lowest BCUT2D eigenvalue weighted by molar-refractivity contribution is -0.0138. The summed E-state index contributed by atoms with van der Waals surface area (Å²) in [6, 6.07) is 10.2. The van der Waals surface area contributed by atoms with Crippen molar-refractivity contribution in [3.05, 3.63) is 48.0 Å². The van der Waals surface area contributed by atoms with Gasteiger partial charge < -0.3 is 15.0 Å². The third-order valence-corrected chi connectivity index (χ3v) is 4.85. The molecule has 2 atom stereocenters. The van der Waals surface area contributed by atoms with Crippen molar-refractivity contribution in [1.82, 2.24) is 25.0 Å². The normalized spacial score (nSPS) is 23.1. The van der Waals surface area contributed by atoms with Crippen molar-refractivity contribution in [3.63, 3.8) is 0 Å². The lowest BCUT2D eigenvalue weighted by Crippen LogP contribution is -2.51. The highest BCUT2D eigenvalue weighted by molar-refractivity contribution is 5.74. The van der Waals surface area contributed by atoms with Gasteiger partial charge in [0.25, 0.3) is 0 Å². The zero-order valence-corrected chi connectivity index (χ0v) is 14.2. The lowest BCUT2D eigenvalue weighted by Gasteiger charge is -2.34. The molecule has 2 amide bonds. The largest absolute Gasteiger partial charge is 0.374 e. The van der Waals surface area contributed by atoms with E-state index >= 15 is 0 Å². The third-order valence-electron chi connectivity index (χ3n) is 4.85. The quantitative estimate of drug-likeness (QED) is 0.923. The predicted molar refractivity (Wildman–Crippen MR) is 92.0 cm³/mol. The van der Waals surface area contributed by atoms with Gasteiger partial charge in [-0.15, -0.1) is 0 Å². The lowest BCUT2D eigenvalue weighted by atomic mass is 10.1. The standard InChI is InChI=1S/C18H23N5O2/c24-18(21-16-7-4-8-23-17(16)19-13-20-23)22-9-10-25-15(12-22)11-14-5-2-1-3-6-14/h1-3,5-6,13,15-16H,4,7-12H2,(H,21,24)/t15-,16+/m1/s1. The fourth-order valence-corrected chi connectivity index (χ4v) is 3.57. The average Bonchev–Trinajstić information content (AvgIpc) is 3.13. The van der Waals surface area contributed by atoms with Crippen molar-refractivity contribution < 1.29 is 9.53 Å². The molecule has 3 heterocycles. The van der Waals surface area contributed by atoms with Crippen LogP contribution in [0.3, 0.4) is 0 Å². The number of morpholine rings is 1. The molecule has 25 heavy (non-hydrogen) atoms. The van der Waals surface area contributed by atoms with E-state index < -0.39 is 0 Å². The van der Waals surface area contributed by atoms with E-state index in [0.29, 0.717) is 19.7 Å². The van der Waals surface area contributed by atoms with Gasteiger partial charge in [0.2, 0.25) is 0 Å². The number of rotatable bonds is 3. The van der Waals surface area contributed by atoms with Crippen molar-refractivity contribution in [1.29, 1.82) is 0 Å². The van der Waals surface area contributed by atoms with Crippen LogP contribution in [0.1, 0.15) is 30.3 Å². The molecular formula is C18H23N5O2. The van der Waals surface area contributed by atoms with Crippen LogP contribution in [0.2, 0.25) is 0 Å². The van der Waals surface area contributed by atoms with E-state index in [0.717, 1.165) is 31.6 Å². The minimum atomic E-state index is -0.0563. The molecule has 0 saturated carbocycles. The second-order valence-electron chi connectivity index (χ2n) is 6.61. The number of carbonyl (C=O) groups excluding carboxylic acids is 1. The first-order chi connectivity index (χ1) is 12.3. The van der Waals surface area contributed by atoms with Crippen LogP contribution in [0.25, 0.3) is 0 Å². The molecule has 132 valence electrons. The molecule has 2 aromatic rings. The Morgan fingerprint density at radius 3 is 3.04 bits per heavy atom. The van der Waals surface area contributed by atoms with E-state index in [1.165, 1.54) is 5.56 Å². The van der Waals surface area contributed by atoms with Crippen molar-refractivity contribution in [2.45, 2.75) is 38.0 Å². The molecule has 0 spiro atoms. The van der Waals surface area contributed by atoms with Crippen molar-refractivity contribution in [3.8, 4) is 0 Å². The van der Waals surface area contributed by atoms with Gasteiger partial charge in [0.15, 0.2) is 0 Å². The van der Waals surface area contributed by atoms with E-state index in [9.17, 15) is 4.79 Å². The Labute approximate surface area is 147 Å². The molecule has 2 aliphatic heterocycles. The highest BCUT2D eigenvalue weighted by Gasteiger charge is 2.29. The van der Waals surface area contributed by atoms with Gasteiger partial charge >= 0.3 is 6.03 Å². The van der Waals surface area contributed by atoms with Gasteiger partial charge in [-0.05, 0) is 18.4 Å². The Morgan fingerprint density at radius 2 is 2.16 bits per heavy atom. The highest BCUT2D eigenvalue weighted by atomic mass is 16.5. The summed E-state index contributed by atoms with van der Waals surface area (Å²) < 4.78 is 7.73. The Bertz CT molecular complexity index is 717. The van der Waals surface area contributed by atoms with Gasteiger partial charge in [0.05, 0.1) is 18.8 Å². The zero-order valence-electron chi connectivity index (χ0n) is 14.2. The number of nitrogens with zero attached hydrogens (tertiary/aromatic N) is 4. The molecule has 0 radical (unpaired) electrons. The van der Waals surface area contributed by atoms with Crippen LogP contribution in [0.15, 0.2) is 36.7 Å². The SMILES string of the molecule is O=C(N[C@H]1CCCn2ncnc21)N1CCO[C@H](Cc2ccccc2)C1. The highest BCUT2D eigenvalue weighted by Crippen LogP contribution is 2.22. The minimum absolute atomic E-state index is 0.0388. The number of urea groups is 1. The average molecular weight is 341 g/mol. The molecule has 1 fully saturated rings. The van der Waals surface area contributed by atoms with Gasteiger partial charge in [-0.3, -0.25) is 0 Å². The van der Waals surface area contributed by atoms with E-state index in [4.69, 9.17) is 4.74 Å². The minimum Gasteiger partial charge on any atom is -0.374 e. The monoisotopic (exact) mass is 341 g/mol. The van der Waals surface area contributed by atoms with Gasteiger partial charge in [0, 0.05) is 26.1 Å². The van der Waals surface area contributed by atoms with Crippen LogP contribution >= 0.6 is 0 Å². The Hall–Kier alpha value is -2.41. The number of hydrogen-bond donors (Lipinski definition) is 1. The van der Waals surface area contributed by atoms with Gasteiger partial charge in [0.1, 0.15) is 12.2 Å². The zero-order chi connectivity index (χ0) is 17.1. The summed E-state index contributed by atoms with van der Waals surface area (Å²) >= 11 is 0. The Kier molecular flexibility index (Phi) is 4.65. The second kappa shape index (κ2) is 7.23. The van der Waals surface area contributed by atoms with E-state index in [1.54, 1.807) is 6.33 Å². The van der Waals surface area contributed by atoms with Crippen molar-refractivity contribution >= 4 is 6.03 Å². The van der Waals surface area contributed by atoms with E-state index in [1.807, 2.05) is 27.8 Å². The van der Waals surface area contributed by atoms with Gasteiger partial charge in [-0.1, -0.05) is 30.3 Å². The van der Waals surface area contributed by atoms with Crippen LogP contribution in [0, 0.1) is 0 Å². The number of hydrogen-bond acceptors (Lipinski definition) is 4. The summed E-state index contributed by atoms with van der Waals surface area (Å²) in [4.78, 5) is 18.9. The van der Waals surface area contributed by atoms with Crippen LogP contribution in [0.5, 0.6) is 0 Å². The number of amides is 2. The molecule has 0 aliphatic carbocycles. The summed E-state index contributed by atoms with van der Waals surface area (Å²) in [6.45, 7) is 2.68. The van der Waals surface area contributed by atoms with E-state index in [-0.39, 0.29) is 18.2 Å². The number of aromatic nitrogens is 3. The molecule has 7 nitrogen and oxygen atoms in total. The summed E-state index contributed by atoms with van der Waals surface area (Å²) in [5.41, 5.74) is 1.23. The van der Waals surface area contributed by atoms with Crippen LogP contribution < -0.4 is 5.32 Å². The first kappa shape index (κ1) is 16.1. The number of aryl methyl sites for hydroxylation is 1. The molecule has 1 aromatic heterocycles. The molecule has 1 N–H and O–H groups in total. The van der Waals surface area contributed by atoms with Crippen molar-refractivity contribution in [2.24, 2.45) is 0 Å². The molecule has 4 rings (SSSR count). The molecule has 2 aliphatic rings. The molecule has 0 bridgehead atoms. The maximum Gasteiger partial charge on any atom is 0.318 e. The van der Waals surface area contributed by atoms with E-state index in [2.05, 4.69) is 27.5 Å². The second-order valence-corrected chi connectivity index (χ2v) is 6.61. The first-order valence-corrected chi connectivity index (χ1v) is 8.88. The smallest absolute Gasteiger partial charge is 0.318 e. The molecule has 7 heteroatoms. The number of benzene rings is 1. The van der Waals surface area contributed by atoms with Crippen LogP contribution in [0.4, 0.5) is 4.79 Å². The Morgan fingerprint density at radius 1 is 1.28 bits per heavy atom. The number of ether oxygens (including phenoxy) is 1. The summed E-state index contributed by atoms with van der Waals surface area (Å²) in [7, 11) is 0. The van der Waals surface area contributed by atoms with Crippen LogP contribution in [-0.2, 0) is 17.7 Å². The fraction of sp³-hybridized carbons (Fsp3) is 0.500. The number of nitrogens with one attached hydrogen (secondary N) is 1. The molecule has 1 aromatic carbocycles. The summed E-state index contributed by atoms with van der Waals surface area (Å²) in [5.74, 6) is 0.855. The van der Waals surface area contributed by atoms with Crippen LogP contribution in [-0.4, -0.2) is 51.5 Å². The number of carbonyl (C=O) groups is 1. The topological polar surface area (TPSA) is 72.3 Å². The maximum absolute atomic E-state index is 12.7. The van der Waals surface area contributed by atoms with Crippen molar-refractivity contribution in [2.75, 3.05) is 19.7 Å². The Balaban J connectivity index is 1.36. The third kappa shape index (κ3) is 3.66. The first-order valence-electron chi connectivity index (χ1n) is 8.88. The fourth-order valence-electron chi connectivity index (χ4n) is 3.57.